The zero-order valence-electron chi connectivity index (χ0n) is 14.7. The van der Waals surface area contributed by atoms with Gasteiger partial charge in [-0.3, -0.25) is 4.79 Å². The van der Waals surface area contributed by atoms with E-state index in [0.717, 1.165) is 0 Å². The Labute approximate surface area is 187 Å². The van der Waals surface area contributed by atoms with E-state index in [9.17, 15) is 4.79 Å². The lowest BCUT2D eigenvalue weighted by Gasteiger charge is -2.10. The van der Waals surface area contributed by atoms with Crippen LogP contribution in [0.3, 0.4) is 0 Å². The first-order chi connectivity index (χ1) is 13.9. The van der Waals surface area contributed by atoms with Crippen LogP contribution in [0, 0.1) is 0 Å². The molecule has 0 bridgehead atoms. The Morgan fingerprint density at radius 1 is 0.862 bits per heavy atom. The van der Waals surface area contributed by atoms with Crippen LogP contribution in [0.2, 0.25) is 20.1 Å². The Balaban J connectivity index is 1.54. The van der Waals surface area contributed by atoms with Crippen molar-refractivity contribution in [3.8, 4) is 11.5 Å². The normalized spacial score (nSPS) is 14.1. The van der Waals surface area contributed by atoms with Crippen molar-refractivity contribution in [3.05, 3.63) is 97.1 Å². The monoisotopic (exact) mass is 464 g/mol. The number of carbonyl (C=O) groups excluding carboxylic acids is 1. The number of rotatable bonds is 4. The van der Waals surface area contributed by atoms with E-state index in [4.69, 9.17) is 55.9 Å². The summed E-state index contributed by atoms with van der Waals surface area (Å²) in [5.41, 5.74) is 1.85. The number of hydrogen-bond acceptors (Lipinski definition) is 3. The fraction of sp³-hybridized carbons (Fsp3) is 0.0455. The number of carbonyl (C=O) groups is 1. The molecule has 0 N–H and O–H groups in total. The van der Waals surface area contributed by atoms with Crippen LogP contribution in [0.1, 0.15) is 21.5 Å². The SMILES string of the molecule is O=C1C(=Cc2ccc(Cl)c(Cl)c2)Oc2cc(OCc3c(Cl)cccc3Cl)ccc21. The summed E-state index contributed by atoms with van der Waals surface area (Å²) in [4.78, 5) is 12.6. The molecule has 0 saturated carbocycles. The fourth-order valence-corrected chi connectivity index (χ4v) is 3.65. The molecule has 3 nitrogen and oxygen atoms in total. The van der Waals surface area contributed by atoms with E-state index in [1.807, 2.05) is 0 Å². The van der Waals surface area contributed by atoms with E-state index >= 15 is 0 Å². The lowest BCUT2D eigenvalue weighted by Crippen LogP contribution is -1.98. The lowest BCUT2D eigenvalue weighted by molar-refractivity contribution is 0.101. The predicted molar refractivity (Wildman–Crippen MR) is 117 cm³/mol. The molecule has 0 fully saturated rings. The first kappa shape index (κ1) is 20.1. The zero-order valence-corrected chi connectivity index (χ0v) is 17.7. The number of fused-ring (bicyclic) bond motifs is 1. The van der Waals surface area contributed by atoms with Crippen molar-refractivity contribution in [2.24, 2.45) is 0 Å². The van der Waals surface area contributed by atoms with Gasteiger partial charge < -0.3 is 9.47 Å². The van der Waals surface area contributed by atoms with E-state index in [0.29, 0.717) is 48.3 Å². The average Bonchev–Trinajstić information content (AvgIpc) is 2.99. The number of ketones is 1. The Kier molecular flexibility index (Phi) is 5.75. The summed E-state index contributed by atoms with van der Waals surface area (Å²) >= 11 is 24.3. The van der Waals surface area contributed by atoms with Gasteiger partial charge in [0.05, 0.1) is 15.6 Å². The minimum atomic E-state index is -0.216. The molecule has 0 radical (unpaired) electrons. The molecule has 0 spiro atoms. The zero-order chi connectivity index (χ0) is 20.5. The van der Waals surface area contributed by atoms with Crippen LogP contribution in [0.15, 0.2) is 60.4 Å². The molecule has 3 aromatic rings. The Hall–Kier alpha value is -2.17. The third kappa shape index (κ3) is 4.24. The number of ether oxygens (including phenoxy) is 2. The van der Waals surface area contributed by atoms with E-state index in [1.165, 1.54) is 0 Å². The molecule has 146 valence electrons. The van der Waals surface area contributed by atoms with Gasteiger partial charge in [0.1, 0.15) is 18.1 Å². The maximum atomic E-state index is 12.6. The Morgan fingerprint density at radius 3 is 2.34 bits per heavy atom. The van der Waals surface area contributed by atoms with Crippen molar-refractivity contribution in [2.75, 3.05) is 0 Å². The molecule has 1 heterocycles. The van der Waals surface area contributed by atoms with Gasteiger partial charge in [0.2, 0.25) is 5.78 Å². The molecule has 1 aliphatic rings. The van der Waals surface area contributed by atoms with E-state index in [-0.39, 0.29) is 18.1 Å². The quantitative estimate of drug-likeness (QED) is 0.374. The second-order valence-corrected chi connectivity index (χ2v) is 7.89. The third-order valence-corrected chi connectivity index (χ3v) is 5.77. The first-order valence-corrected chi connectivity index (χ1v) is 10.0. The van der Waals surface area contributed by atoms with Crippen LogP contribution in [-0.2, 0) is 6.61 Å². The van der Waals surface area contributed by atoms with Crippen molar-refractivity contribution in [2.45, 2.75) is 6.61 Å². The molecular weight excluding hydrogens is 454 g/mol. The van der Waals surface area contributed by atoms with E-state index < -0.39 is 0 Å². The van der Waals surface area contributed by atoms with Crippen LogP contribution in [0.25, 0.3) is 6.08 Å². The Morgan fingerprint density at radius 2 is 1.62 bits per heavy atom. The van der Waals surface area contributed by atoms with Gasteiger partial charge in [0.25, 0.3) is 0 Å². The van der Waals surface area contributed by atoms with Gasteiger partial charge in [-0.05, 0) is 48.0 Å². The molecule has 0 aliphatic carbocycles. The number of hydrogen-bond donors (Lipinski definition) is 0. The second-order valence-electron chi connectivity index (χ2n) is 6.26. The van der Waals surface area contributed by atoms with Crippen molar-refractivity contribution < 1.29 is 14.3 Å². The van der Waals surface area contributed by atoms with Gasteiger partial charge in [-0.2, -0.15) is 0 Å². The molecule has 0 unspecified atom stereocenters. The van der Waals surface area contributed by atoms with Crippen LogP contribution in [0.5, 0.6) is 11.5 Å². The largest absolute Gasteiger partial charge is 0.489 e. The summed E-state index contributed by atoms with van der Waals surface area (Å²) in [6.45, 7) is 0.192. The molecule has 4 rings (SSSR count). The number of Topliss-reactive ketones (excluding diaryl/α,β-unsaturated/α-hetero) is 1. The second kappa shape index (κ2) is 8.29. The molecule has 7 heteroatoms. The summed E-state index contributed by atoms with van der Waals surface area (Å²) < 4.78 is 11.5. The molecule has 0 atom stereocenters. The molecule has 0 amide bonds. The van der Waals surface area contributed by atoms with Crippen molar-refractivity contribution in [3.63, 3.8) is 0 Å². The van der Waals surface area contributed by atoms with Gasteiger partial charge in [-0.1, -0.05) is 58.5 Å². The molecular formula is C22H12Cl4O3. The standard InChI is InChI=1S/C22H12Cl4O3/c23-16-2-1-3-17(24)15(16)11-28-13-5-6-14-20(10-13)29-21(22(14)27)9-12-4-7-18(25)19(26)8-12/h1-10H,11H2. The summed E-state index contributed by atoms with van der Waals surface area (Å²) in [5, 5.41) is 1.89. The van der Waals surface area contributed by atoms with Crippen molar-refractivity contribution in [1.82, 2.24) is 0 Å². The van der Waals surface area contributed by atoms with Gasteiger partial charge in [-0.15, -0.1) is 0 Å². The molecule has 0 saturated heterocycles. The summed E-state index contributed by atoms with van der Waals surface area (Å²) in [5.74, 6) is 0.934. The highest BCUT2D eigenvalue weighted by Gasteiger charge is 2.27. The number of benzene rings is 3. The Bertz CT molecular complexity index is 1130. The van der Waals surface area contributed by atoms with E-state index in [1.54, 1.807) is 60.7 Å². The molecule has 1 aliphatic heterocycles. The van der Waals surface area contributed by atoms with Gasteiger partial charge in [-0.25, -0.2) is 0 Å². The lowest BCUT2D eigenvalue weighted by atomic mass is 10.1. The first-order valence-electron chi connectivity index (χ1n) is 8.51. The maximum Gasteiger partial charge on any atom is 0.231 e. The maximum absolute atomic E-state index is 12.6. The summed E-state index contributed by atoms with van der Waals surface area (Å²) in [7, 11) is 0. The van der Waals surface area contributed by atoms with Crippen molar-refractivity contribution >= 4 is 58.3 Å². The summed E-state index contributed by atoms with van der Waals surface area (Å²) in [6.07, 6.45) is 1.62. The highest BCUT2D eigenvalue weighted by Crippen LogP contribution is 2.36. The summed E-state index contributed by atoms with van der Waals surface area (Å²) in [6, 6.07) is 15.4. The van der Waals surface area contributed by atoms with Gasteiger partial charge >= 0.3 is 0 Å². The molecule has 29 heavy (non-hydrogen) atoms. The minimum Gasteiger partial charge on any atom is -0.489 e. The molecule has 0 aromatic heterocycles. The van der Waals surface area contributed by atoms with Gasteiger partial charge in [0.15, 0.2) is 5.76 Å². The molecule has 3 aromatic carbocycles. The number of allylic oxidation sites excluding steroid dienone is 1. The third-order valence-electron chi connectivity index (χ3n) is 4.33. The van der Waals surface area contributed by atoms with Gasteiger partial charge in [0, 0.05) is 21.7 Å². The van der Waals surface area contributed by atoms with Crippen LogP contribution in [-0.4, -0.2) is 5.78 Å². The smallest absolute Gasteiger partial charge is 0.231 e. The van der Waals surface area contributed by atoms with Crippen LogP contribution < -0.4 is 9.47 Å². The predicted octanol–water partition coefficient (Wildman–Crippen LogP) is 7.50. The fourth-order valence-electron chi connectivity index (χ4n) is 2.84. The highest BCUT2D eigenvalue weighted by molar-refractivity contribution is 6.42. The van der Waals surface area contributed by atoms with E-state index in [2.05, 4.69) is 0 Å². The topological polar surface area (TPSA) is 35.5 Å². The minimum absolute atomic E-state index is 0.192. The van der Waals surface area contributed by atoms with Crippen molar-refractivity contribution in [1.29, 1.82) is 0 Å². The highest BCUT2D eigenvalue weighted by atomic mass is 35.5. The number of halogens is 4. The average molecular weight is 466 g/mol. The van der Waals surface area contributed by atoms with Crippen LogP contribution >= 0.6 is 46.4 Å². The van der Waals surface area contributed by atoms with Crippen LogP contribution in [0.4, 0.5) is 0 Å².